The Kier molecular flexibility index (Phi) is 10.6. The number of rotatable bonds is 8. The topological polar surface area (TPSA) is 62.2 Å². The summed E-state index contributed by atoms with van der Waals surface area (Å²) in [5.74, 6) is 1.36. The molecule has 0 aliphatic rings. The Morgan fingerprint density at radius 1 is 1.20 bits per heavy atom. The van der Waals surface area contributed by atoms with Crippen LogP contribution in [0.15, 0.2) is 34.8 Å². The van der Waals surface area contributed by atoms with Crippen LogP contribution in [0.1, 0.15) is 43.1 Å². The number of aliphatic imine (C=N–C) groups is 1. The van der Waals surface area contributed by atoms with Crippen LogP contribution in [0.25, 0.3) is 0 Å². The molecule has 0 aromatic carbocycles. The molecule has 7 heteroatoms. The first-order valence-corrected chi connectivity index (χ1v) is 9.43. The third-order valence-corrected chi connectivity index (χ3v) is 4.64. The molecule has 2 N–H and O–H groups in total. The van der Waals surface area contributed by atoms with Gasteiger partial charge in [0.25, 0.3) is 0 Å². The van der Waals surface area contributed by atoms with Crippen LogP contribution in [0.2, 0.25) is 0 Å². The number of nitrogens with one attached hydrogen (secondary N) is 2. The van der Waals surface area contributed by atoms with Crippen LogP contribution in [0, 0.1) is 0 Å². The van der Waals surface area contributed by atoms with E-state index in [-0.39, 0.29) is 24.0 Å². The van der Waals surface area contributed by atoms with E-state index >= 15 is 0 Å². The Morgan fingerprint density at radius 3 is 2.68 bits per heavy atom. The molecule has 138 valence electrons. The zero-order chi connectivity index (χ0) is 17.2. The fourth-order valence-corrected chi connectivity index (χ4v) is 3.05. The average Bonchev–Trinajstić information content (AvgIpc) is 3.05. The molecule has 0 amide bonds. The average molecular weight is 473 g/mol. The molecule has 0 atom stereocenters. The first kappa shape index (κ1) is 21.8. The SMILES string of the molecule is CCNC(=NCCc1ccccn1)NCCc1csc(C(C)C)n1.I. The number of hydrogen-bond acceptors (Lipinski definition) is 4. The lowest BCUT2D eigenvalue weighted by Gasteiger charge is -2.10. The van der Waals surface area contributed by atoms with Crippen molar-refractivity contribution >= 4 is 41.3 Å². The van der Waals surface area contributed by atoms with Gasteiger partial charge in [-0.1, -0.05) is 19.9 Å². The van der Waals surface area contributed by atoms with Crippen LogP contribution < -0.4 is 10.6 Å². The molecular weight excluding hydrogens is 445 g/mol. The smallest absolute Gasteiger partial charge is 0.191 e. The highest BCUT2D eigenvalue weighted by molar-refractivity contribution is 14.0. The molecule has 0 unspecified atom stereocenters. The van der Waals surface area contributed by atoms with E-state index in [4.69, 9.17) is 0 Å². The fourth-order valence-electron chi connectivity index (χ4n) is 2.18. The Labute approximate surface area is 171 Å². The van der Waals surface area contributed by atoms with Crippen molar-refractivity contribution in [3.8, 4) is 0 Å². The summed E-state index contributed by atoms with van der Waals surface area (Å²) in [7, 11) is 0. The lowest BCUT2D eigenvalue weighted by atomic mass is 10.2. The van der Waals surface area contributed by atoms with Crippen molar-refractivity contribution < 1.29 is 0 Å². The van der Waals surface area contributed by atoms with E-state index in [2.05, 4.69) is 51.7 Å². The second-order valence-corrected chi connectivity index (χ2v) is 6.73. The molecule has 0 bridgehead atoms. The summed E-state index contributed by atoms with van der Waals surface area (Å²) in [4.78, 5) is 13.6. The second kappa shape index (κ2) is 12.2. The molecule has 0 fully saturated rings. The van der Waals surface area contributed by atoms with Gasteiger partial charge in [0.05, 0.1) is 10.7 Å². The van der Waals surface area contributed by atoms with Crippen molar-refractivity contribution in [1.29, 1.82) is 0 Å². The van der Waals surface area contributed by atoms with Crippen molar-refractivity contribution in [3.05, 3.63) is 46.2 Å². The van der Waals surface area contributed by atoms with Crippen molar-refractivity contribution in [2.45, 2.75) is 39.5 Å². The fraction of sp³-hybridized carbons (Fsp3) is 0.500. The number of halogens is 1. The van der Waals surface area contributed by atoms with Gasteiger partial charge in [0.1, 0.15) is 0 Å². The Morgan fingerprint density at radius 2 is 2.04 bits per heavy atom. The molecule has 0 saturated heterocycles. The van der Waals surface area contributed by atoms with Gasteiger partial charge in [-0.3, -0.25) is 9.98 Å². The quantitative estimate of drug-likeness (QED) is 0.349. The highest BCUT2D eigenvalue weighted by Gasteiger charge is 2.06. The van der Waals surface area contributed by atoms with E-state index in [0.29, 0.717) is 5.92 Å². The maximum Gasteiger partial charge on any atom is 0.191 e. The maximum absolute atomic E-state index is 4.66. The first-order valence-electron chi connectivity index (χ1n) is 8.55. The summed E-state index contributed by atoms with van der Waals surface area (Å²) < 4.78 is 0. The molecule has 2 heterocycles. The third-order valence-electron chi connectivity index (χ3n) is 3.45. The van der Waals surface area contributed by atoms with E-state index in [1.165, 1.54) is 5.01 Å². The van der Waals surface area contributed by atoms with Gasteiger partial charge in [0, 0.05) is 55.7 Å². The largest absolute Gasteiger partial charge is 0.357 e. The van der Waals surface area contributed by atoms with Crippen LogP contribution in [0.4, 0.5) is 0 Å². The molecule has 2 aromatic rings. The van der Waals surface area contributed by atoms with Crippen molar-refractivity contribution in [1.82, 2.24) is 20.6 Å². The normalized spacial score (nSPS) is 11.3. The summed E-state index contributed by atoms with van der Waals surface area (Å²) in [6.45, 7) is 8.84. The van der Waals surface area contributed by atoms with Crippen LogP contribution in [-0.2, 0) is 12.8 Å². The van der Waals surface area contributed by atoms with E-state index < -0.39 is 0 Å². The van der Waals surface area contributed by atoms with Gasteiger partial charge in [-0.25, -0.2) is 4.98 Å². The number of aromatic nitrogens is 2. The molecule has 25 heavy (non-hydrogen) atoms. The molecule has 0 aliphatic heterocycles. The van der Waals surface area contributed by atoms with Crippen molar-refractivity contribution in [3.63, 3.8) is 0 Å². The summed E-state index contributed by atoms with van der Waals surface area (Å²) in [5.41, 5.74) is 2.22. The van der Waals surface area contributed by atoms with Crippen molar-refractivity contribution in [2.75, 3.05) is 19.6 Å². The predicted octanol–water partition coefficient (Wildman–Crippen LogP) is 3.62. The molecule has 0 aliphatic carbocycles. The van der Waals surface area contributed by atoms with Gasteiger partial charge in [0.2, 0.25) is 0 Å². The summed E-state index contributed by atoms with van der Waals surface area (Å²) in [6.07, 6.45) is 3.58. The second-order valence-electron chi connectivity index (χ2n) is 5.84. The lowest BCUT2D eigenvalue weighted by molar-refractivity contribution is 0.777. The number of thiazole rings is 1. The first-order chi connectivity index (χ1) is 11.7. The molecule has 0 spiro atoms. The van der Waals surface area contributed by atoms with Crippen LogP contribution >= 0.6 is 35.3 Å². The molecule has 2 aromatic heterocycles. The van der Waals surface area contributed by atoms with Crippen LogP contribution in [0.3, 0.4) is 0 Å². The molecular formula is C18H28IN5S. The predicted molar refractivity (Wildman–Crippen MR) is 117 cm³/mol. The van der Waals surface area contributed by atoms with Gasteiger partial charge in [-0.15, -0.1) is 35.3 Å². The van der Waals surface area contributed by atoms with Crippen LogP contribution in [-0.4, -0.2) is 35.6 Å². The van der Waals surface area contributed by atoms with E-state index in [1.54, 1.807) is 11.3 Å². The Hall–Kier alpha value is -1.22. The zero-order valence-corrected chi connectivity index (χ0v) is 18.3. The van der Waals surface area contributed by atoms with Gasteiger partial charge < -0.3 is 10.6 Å². The van der Waals surface area contributed by atoms with Gasteiger partial charge >= 0.3 is 0 Å². The van der Waals surface area contributed by atoms with Gasteiger partial charge in [-0.05, 0) is 19.1 Å². The molecule has 5 nitrogen and oxygen atoms in total. The molecule has 0 saturated carbocycles. The van der Waals surface area contributed by atoms with Gasteiger partial charge in [-0.2, -0.15) is 0 Å². The summed E-state index contributed by atoms with van der Waals surface area (Å²) in [6, 6.07) is 5.97. The minimum atomic E-state index is 0. The van der Waals surface area contributed by atoms with E-state index in [9.17, 15) is 0 Å². The van der Waals surface area contributed by atoms with E-state index in [0.717, 1.165) is 49.8 Å². The minimum absolute atomic E-state index is 0. The minimum Gasteiger partial charge on any atom is -0.357 e. The monoisotopic (exact) mass is 473 g/mol. The van der Waals surface area contributed by atoms with E-state index in [1.807, 2.05) is 24.4 Å². The standard InChI is InChI=1S/C18H27N5S.HI/c1-4-19-18(21-11-8-15-7-5-6-10-20-15)22-12-9-16-13-24-17(23-16)14(2)3;/h5-7,10,13-14H,4,8-9,11-12H2,1-3H3,(H2,19,21,22);1H. The number of guanidine groups is 1. The summed E-state index contributed by atoms with van der Waals surface area (Å²) in [5, 5.41) is 10.0. The zero-order valence-electron chi connectivity index (χ0n) is 15.2. The third kappa shape index (κ3) is 8.13. The molecule has 2 rings (SSSR count). The maximum atomic E-state index is 4.66. The van der Waals surface area contributed by atoms with Gasteiger partial charge in [0.15, 0.2) is 5.96 Å². The van der Waals surface area contributed by atoms with Crippen molar-refractivity contribution in [2.24, 2.45) is 4.99 Å². The number of nitrogens with zero attached hydrogens (tertiary/aromatic N) is 3. The Balaban J connectivity index is 0.00000312. The Bertz CT molecular complexity index is 627. The number of hydrogen-bond donors (Lipinski definition) is 2. The highest BCUT2D eigenvalue weighted by Crippen LogP contribution is 2.19. The summed E-state index contributed by atoms with van der Waals surface area (Å²) >= 11 is 1.75. The molecule has 0 radical (unpaired) electrons. The highest BCUT2D eigenvalue weighted by atomic mass is 127. The number of pyridine rings is 1. The lowest BCUT2D eigenvalue weighted by Crippen LogP contribution is -2.38. The van der Waals surface area contributed by atoms with Crippen LogP contribution in [0.5, 0.6) is 0 Å².